The fraction of sp³-hybridized carbons (Fsp3) is 0.476. The summed E-state index contributed by atoms with van der Waals surface area (Å²) in [4.78, 5) is 13.7. The lowest BCUT2D eigenvalue weighted by Gasteiger charge is -2.34. The SMILES string of the molecule is CC(C)C1CCC(CN2CCNC2=O)c2nnc(-c3c(F)cccc3F)cc21. The van der Waals surface area contributed by atoms with Crippen LogP contribution in [-0.4, -0.2) is 40.8 Å². The predicted octanol–water partition coefficient (Wildman–Crippen LogP) is 4.06. The maximum absolute atomic E-state index is 14.3. The number of aromatic nitrogens is 2. The van der Waals surface area contributed by atoms with E-state index in [2.05, 4.69) is 29.4 Å². The van der Waals surface area contributed by atoms with Gasteiger partial charge in [-0.25, -0.2) is 13.6 Å². The van der Waals surface area contributed by atoms with E-state index in [1.165, 1.54) is 18.2 Å². The Balaban J connectivity index is 1.74. The highest BCUT2D eigenvalue weighted by molar-refractivity contribution is 5.76. The van der Waals surface area contributed by atoms with E-state index < -0.39 is 11.6 Å². The third-order valence-corrected chi connectivity index (χ3v) is 5.88. The Morgan fingerprint density at radius 1 is 1.21 bits per heavy atom. The van der Waals surface area contributed by atoms with Gasteiger partial charge >= 0.3 is 6.03 Å². The normalized spacial score (nSPS) is 21.8. The van der Waals surface area contributed by atoms with Crippen molar-refractivity contribution >= 4 is 6.03 Å². The van der Waals surface area contributed by atoms with Gasteiger partial charge in [0.25, 0.3) is 0 Å². The van der Waals surface area contributed by atoms with Crippen molar-refractivity contribution in [3.63, 3.8) is 0 Å². The summed E-state index contributed by atoms with van der Waals surface area (Å²) in [6.45, 7) is 6.22. The van der Waals surface area contributed by atoms with Crippen LogP contribution in [0.15, 0.2) is 24.3 Å². The summed E-state index contributed by atoms with van der Waals surface area (Å²) < 4.78 is 28.5. The maximum Gasteiger partial charge on any atom is 0.317 e. The summed E-state index contributed by atoms with van der Waals surface area (Å²) in [6, 6.07) is 5.55. The van der Waals surface area contributed by atoms with Crippen LogP contribution in [0.2, 0.25) is 0 Å². The van der Waals surface area contributed by atoms with Gasteiger partial charge < -0.3 is 10.2 Å². The summed E-state index contributed by atoms with van der Waals surface area (Å²) in [7, 11) is 0. The number of fused-ring (bicyclic) bond motifs is 1. The van der Waals surface area contributed by atoms with Gasteiger partial charge in [-0.15, -0.1) is 0 Å². The van der Waals surface area contributed by atoms with Gasteiger partial charge in [-0.2, -0.15) is 10.2 Å². The Hall–Kier alpha value is -2.57. The molecule has 1 aromatic heterocycles. The van der Waals surface area contributed by atoms with Gasteiger partial charge in [-0.1, -0.05) is 19.9 Å². The molecule has 1 aliphatic carbocycles. The van der Waals surface area contributed by atoms with E-state index in [9.17, 15) is 13.6 Å². The molecule has 148 valence electrons. The Morgan fingerprint density at radius 3 is 2.61 bits per heavy atom. The van der Waals surface area contributed by atoms with E-state index in [0.717, 1.165) is 24.1 Å². The molecule has 1 saturated heterocycles. The molecule has 2 atom stereocenters. The standard InChI is InChI=1S/C21H24F2N4O/c1-12(2)14-7-6-13(11-27-9-8-24-21(27)28)20-15(14)10-18(25-26-20)19-16(22)4-3-5-17(19)23/h3-5,10,12-14H,6-9,11H2,1-2H3,(H,24,28). The van der Waals surface area contributed by atoms with Gasteiger partial charge in [0.05, 0.1) is 17.0 Å². The van der Waals surface area contributed by atoms with Crippen molar-refractivity contribution in [2.24, 2.45) is 5.92 Å². The summed E-state index contributed by atoms with van der Waals surface area (Å²) >= 11 is 0. The molecule has 28 heavy (non-hydrogen) atoms. The molecule has 1 aromatic carbocycles. The quantitative estimate of drug-likeness (QED) is 0.862. The van der Waals surface area contributed by atoms with Crippen molar-refractivity contribution in [1.29, 1.82) is 0 Å². The Bertz CT molecular complexity index is 882. The second-order valence-corrected chi connectivity index (χ2v) is 7.97. The molecule has 0 saturated carbocycles. The minimum atomic E-state index is -0.642. The number of benzene rings is 1. The van der Waals surface area contributed by atoms with Crippen LogP contribution in [0.25, 0.3) is 11.3 Å². The molecular formula is C21H24F2N4O. The van der Waals surface area contributed by atoms with E-state index in [1.54, 1.807) is 11.0 Å². The molecule has 2 aliphatic rings. The van der Waals surface area contributed by atoms with Crippen molar-refractivity contribution in [2.45, 2.75) is 38.5 Å². The number of amides is 2. The second-order valence-electron chi connectivity index (χ2n) is 7.97. The highest BCUT2D eigenvalue weighted by Crippen LogP contribution is 2.43. The van der Waals surface area contributed by atoms with Gasteiger partial charge in [0, 0.05) is 25.6 Å². The van der Waals surface area contributed by atoms with Crippen molar-refractivity contribution in [3.8, 4) is 11.3 Å². The molecule has 0 radical (unpaired) electrons. The molecule has 2 aromatic rings. The Morgan fingerprint density at radius 2 is 1.96 bits per heavy atom. The first-order valence-corrected chi connectivity index (χ1v) is 9.80. The van der Waals surface area contributed by atoms with E-state index >= 15 is 0 Å². The average Bonchev–Trinajstić information content (AvgIpc) is 3.06. The number of carbonyl (C=O) groups is 1. The zero-order valence-electron chi connectivity index (χ0n) is 16.1. The number of hydrogen-bond acceptors (Lipinski definition) is 3. The Kier molecular flexibility index (Phi) is 5.00. The van der Waals surface area contributed by atoms with Gasteiger partial charge in [0.15, 0.2) is 0 Å². The van der Waals surface area contributed by atoms with Crippen molar-refractivity contribution in [2.75, 3.05) is 19.6 Å². The number of rotatable bonds is 4. The highest BCUT2D eigenvalue weighted by Gasteiger charge is 2.34. The first kappa shape index (κ1) is 18.8. The molecule has 4 rings (SSSR count). The lowest BCUT2D eigenvalue weighted by molar-refractivity contribution is 0.211. The molecule has 0 bridgehead atoms. The summed E-state index contributed by atoms with van der Waals surface area (Å²) in [5.41, 5.74) is 1.93. The first-order valence-electron chi connectivity index (χ1n) is 9.80. The molecule has 1 N–H and O–H groups in total. The van der Waals surface area contributed by atoms with Crippen LogP contribution in [-0.2, 0) is 0 Å². The van der Waals surface area contributed by atoms with Crippen LogP contribution < -0.4 is 5.32 Å². The first-order chi connectivity index (χ1) is 13.5. The van der Waals surface area contributed by atoms with E-state index in [0.29, 0.717) is 25.6 Å². The number of halogens is 2. The molecule has 7 heteroatoms. The van der Waals surface area contributed by atoms with Crippen LogP contribution in [0.3, 0.4) is 0 Å². The predicted molar refractivity (Wildman–Crippen MR) is 102 cm³/mol. The number of nitrogens with zero attached hydrogens (tertiary/aromatic N) is 3. The third-order valence-electron chi connectivity index (χ3n) is 5.88. The highest BCUT2D eigenvalue weighted by atomic mass is 19.1. The minimum absolute atomic E-state index is 0.0504. The van der Waals surface area contributed by atoms with Gasteiger partial charge in [-0.3, -0.25) is 0 Å². The Labute approximate surface area is 163 Å². The maximum atomic E-state index is 14.3. The summed E-state index contributed by atoms with van der Waals surface area (Å²) in [6.07, 6.45) is 1.87. The largest absolute Gasteiger partial charge is 0.336 e. The minimum Gasteiger partial charge on any atom is -0.336 e. The lowest BCUT2D eigenvalue weighted by atomic mass is 9.74. The molecule has 1 fully saturated rings. The molecule has 2 unspecified atom stereocenters. The van der Waals surface area contributed by atoms with Crippen LogP contribution >= 0.6 is 0 Å². The van der Waals surface area contributed by atoms with Crippen LogP contribution in [0.5, 0.6) is 0 Å². The number of carbonyl (C=O) groups excluding carboxylic acids is 1. The van der Waals surface area contributed by atoms with Gasteiger partial charge in [0.1, 0.15) is 11.6 Å². The summed E-state index contributed by atoms with van der Waals surface area (Å²) in [5, 5.41) is 11.4. The average molecular weight is 386 g/mol. The van der Waals surface area contributed by atoms with Crippen molar-refractivity contribution in [3.05, 3.63) is 47.2 Å². The zero-order chi connectivity index (χ0) is 19.8. The fourth-order valence-electron chi connectivity index (χ4n) is 4.39. The number of urea groups is 1. The van der Waals surface area contributed by atoms with E-state index in [-0.39, 0.29) is 29.1 Å². The van der Waals surface area contributed by atoms with Gasteiger partial charge in [0.2, 0.25) is 0 Å². The van der Waals surface area contributed by atoms with Crippen molar-refractivity contribution in [1.82, 2.24) is 20.4 Å². The van der Waals surface area contributed by atoms with Crippen LogP contribution in [0.4, 0.5) is 13.6 Å². The topological polar surface area (TPSA) is 58.1 Å². The fourth-order valence-corrected chi connectivity index (χ4v) is 4.39. The zero-order valence-corrected chi connectivity index (χ0v) is 16.1. The molecule has 5 nitrogen and oxygen atoms in total. The second kappa shape index (κ2) is 7.45. The van der Waals surface area contributed by atoms with E-state index in [1.807, 2.05) is 0 Å². The third kappa shape index (κ3) is 3.34. The molecule has 2 heterocycles. The van der Waals surface area contributed by atoms with Gasteiger partial charge in [-0.05, 0) is 48.4 Å². The molecular weight excluding hydrogens is 362 g/mol. The monoisotopic (exact) mass is 386 g/mol. The number of nitrogens with one attached hydrogen (secondary N) is 1. The number of hydrogen-bond donors (Lipinski definition) is 1. The molecule has 1 aliphatic heterocycles. The molecule has 2 amide bonds. The summed E-state index contributed by atoms with van der Waals surface area (Å²) in [5.74, 6) is -0.575. The smallest absolute Gasteiger partial charge is 0.317 e. The lowest BCUT2D eigenvalue weighted by Crippen LogP contribution is -2.34. The van der Waals surface area contributed by atoms with Crippen LogP contribution in [0.1, 0.15) is 49.8 Å². The van der Waals surface area contributed by atoms with Crippen molar-refractivity contribution < 1.29 is 13.6 Å². The van der Waals surface area contributed by atoms with E-state index in [4.69, 9.17) is 0 Å². The van der Waals surface area contributed by atoms with Crippen LogP contribution in [0, 0.1) is 17.6 Å². The molecule has 0 spiro atoms.